The molecule has 1 nitrogen and oxygen atoms in total. The van der Waals surface area contributed by atoms with Crippen LogP contribution in [0, 0.1) is 0 Å². The van der Waals surface area contributed by atoms with Gasteiger partial charge >= 0.3 is 0 Å². The van der Waals surface area contributed by atoms with Gasteiger partial charge < -0.3 is 4.90 Å². The molecule has 0 radical (unpaired) electrons. The number of benzene rings is 2. The highest BCUT2D eigenvalue weighted by Gasteiger charge is 2.12. The molecule has 2 aromatic rings. The van der Waals surface area contributed by atoms with Crippen LogP contribution in [0.5, 0.6) is 0 Å². The van der Waals surface area contributed by atoms with Crippen LogP contribution in [0.15, 0.2) is 84.6 Å². The average Bonchev–Trinajstić information content (AvgIpc) is 2.60. The Morgan fingerprint density at radius 1 is 0.714 bits per heavy atom. The number of rotatable bonds is 3. The van der Waals surface area contributed by atoms with Crippen LogP contribution in [-0.2, 0) is 0 Å². The van der Waals surface area contributed by atoms with Gasteiger partial charge in [0.2, 0.25) is 0 Å². The smallest absolute Gasteiger partial charge is 0.0461 e. The van der Waals surface area contributed by atoms with Crippen molar-refractivity contribution < 1.29 is 0 Å². The number of para-hydroxylation sites is 2. The molecule has 108 valence electrons. The molecule has 0 spiro atoms. The Labute approximate surface area is 128 Å². The van der Waals surface area contributed by atoms with Gasteiger partial charge in [-0.15, -0.1) is 0 Å². The Bertz CT molecular complexity index is 542. The predicted molar refractivity (Wildman–Crippen MR) is 92.8 cm³/mol. The third-order valence-electron chi connectivity index (χ3n) is 3.26. The van der Waals surface area contributed by atoms with Crippen LogP contribution < -0.4 is 4.90 Å². The Hall–Kier alpha value is -2.28. The molecule has 0 aliphatic heterocycles. The maximum Gasteiger partial charge on any atom is 0.0461 e. The first-order chi connectivity index (χ1) is 10.4. The molecule has 0 aromatic heterocycles. The molecule has 0 atom stereocenters. The van der Waals surface area contributed by atoms with E-state index < -0.39 is 0 Å². The topological polar surface area (TPSA) is 3.24 Å². The highest BCUT2D eigenvalue weighted by atomic mass is 15.1. The van der Waals surface area contributed by atoms with Crippen molar-refractivity contribution in [3.05, 3.63) is 84.6 Å². The second-order valence-corrected chi connectivity index (χ2v) is 4.62. The van der Waals surface area contributed by atoms with Crippen molar-refractivity contribution in [3.8, 4) is 0 Å². The maximum absolute atomic E-state index is 2.31. The maximum atomic E-state index is 2.31. The summed E-state index contributed by atoms with van der Waals surface area (Å²) in [5.74, 6) is 0. The quantitative estimate of drug-likeness (QED) is 0.656. The van der Waals surface area contributed by atoms with Crippen molar-refractivity contribution in [1.82, 2.24) is 0 Å². The lowest BCUT2D eigenvalue weighted by Gasteiger charge is -2.27. The lowest BCUT2D eigenvalue weighted by Crippen LogP contribution is -2.15. The standard InChI is InChI=1S/C18H17N.C2H6/c1-4-10-16(11-5-1)19(17-12-6-2-7-13-17)18-14-8-3-9-15-18;1-2/h1-2,4-8,10-15H,3,9H2;1-2H3. The van der Waals surface area contributed by atoms with Gasteiger partial charge in [0.1, 0.15) is 0 Å². The van der Waals surface area contributed by atoms with Gasteiger partial charge in [0.15, 0.2) is 0 Å². The zero-order valence-electron chi connectivity index (χ0n) is 12.9. The van der Waals surface area contributed by atoms with Crippen molar-refractivity contribution >= 4 is 11.4 Å². The van der Waals surface area contributed by atoms with Crippen molar-refractivity contribution in [2.45, 2.75) is 26.7 Å². The molecule has 0 saturated heterocycles. The lowest BCUT2D eigenvalue weighted by atomic mass is 10.1. The second-order valence-electron chi connectivity index (χ2n) is 4.62. The summed E-state index contributed by atoms with van der Waals surface area (Å²) in [5.41, 5.74) is 3.65. The summed E-state index contributed by atoms with van der Waals surface area (Å²) < 4.78 is 0. The summed E-state index contributed by atoms with van der Waals surface area (Å²) in [6, 6.07) is 21.0. The van der Waals surface area contributed by atoms with E-state index in [0.29, 0.717) is 0 Å². The molecule has 0 saturated carbocycles. The molecule has 1 aliphatic rings. The van der Waals surface area contributed by atoms with Gasteiger partial charge in [-0.05, 0) is 43.2 Å². The SMILES string of the molecule is C1=CC(N(c2ccccc2)c2ccccc2)=CCC1.CC. The monoisotopic (exact) mass is 277 g/mol. The molecule has 1 heteroatoms. The van der Waals surface area contributed by atoms with E-state index in [0.717, 1.165) is 12.8 Å². The molecule has 0 heterocycles. The van der Waals surface area contributed by atoms with Crippen molar-refractivity contribution in [2.75, 3.05) is 4.90 Å². The third kappa shape index (κ3) is 3.85. The summed E-state index contributed by atoms with van der Waals surface area (Å²) in [6.07, 6.45) is 9.01. The Balaban J connectivity index is 0.000000774. The van der Waals surface area contributed by atoms with Crippen molar-refractivity contribution in [2.24, 2.45) is 0 Å². The number of nitrogens with zero attached hydrogens (tertiary/aromatic N) is 1. The summed E-state index contributed by atoms with van der Waals surface area (Å²) >= 11 is 0. The lowest BCUT2D eigenvalue weighted by molar-refractivity contribution is 0.997. The zero-order valence-corrected chi connectivity index (χ0v) is 12.9. The molecule has 0 N–H and O–H groups in total. The Morgan fingerprint density at radius 3 is 1.67 bits per heavy atom. The zero-order chi connectivity index (χ0) is 14.9. The van der Waals surface area contributed by atoms with Gasteiger partial charge in [-0.25, -0.2) is 0 Å². The summed E-state index contributed by atoms with van der Waals surface area (Å²) in [6.45, 7) is 4.00. The normalized spacial score (nSPS) is 13.0. The molecule has 0 fully saturated rings. The van der Waals surface area contributed by atoms with Crippen molar-refractivity contribution in [3.63, 3.8) is 0 Å². The van der Waals surface area contributed by atoms with Crippen LogP contribution in [-0.4, -0.2) is 0 Å². The fourth-order valence-corrected chi connectivity index (χ4v) is 2.37. The highest BCUT2D eigenvalue weighted by molar-refractivity contribution is 5.70. The number of hydrogen-bond donors (Lipinski definition) is 0. The highest BCUT2D eigenvalue weighted by Crippen LogP contribution is 2.31. The van der Waals surface area contributed by atoms with Crippen LogP contribution in [0.1, 0.15) is 26.7 Å². The van der Waals surface area contributed by atoms with Gasteiger partial charge in [-0.3, -0.25) is 0 Å². The minimum atomic E-state index is 1.11. The van der Waals surface area contributed by atoms with Crippen LogP contribution in [0.4, 0.5) is 11.4 Å². The van der Waals surface area contributed by atoms with E-state index in [1.54, 1.807) is 0 Å². The largest absolute Gasteiger partial charge is 0.311 e. The van der Waals surface area contributed by atoms with Gasteiger partial charge in [-0.2, -0.15) is 0 Å². The fourth-order valence-electron chi connectivity index (χ4n) is 2.37. The number of hydrogen-bond acceptors (Lipinski definition) is 1. The van der Waals surface area contributed by atoms with E-state index in [-0.39, 0.29) is 0 Å². The van der Waals surface area contributed by atoms with Crippen LogP contribution in [0.25, 0.3) is 0 Å². The van der Waals surface area contributed by atoms with Crippen LogP contribution in [0.3, 0.4) is 0 Å². The third-order valence-corrected chi connectivity index (χ3v) is 3.26. The molecule has 21 heavy (non-hydrogen) atoms. The minimum absolute atomic E-state index is 1.11. The van der Waals surface area contributed by atoms with Gasteiger partial charge in [0, 0.05) is 17.1 Å². The van der Waals surface area contributed by atoms with E-state index in [1.807, 2.05) is 13.8 Å². The molecule has 1 aliphatic carbocycles. The summed E-state index contributed by atoms with van der Waals surface area (Å²) in [4.78, 5) is 2.30. The predicted octanol–water partition coefficient (Wildman–Crippen LogP) is 6.08. The molecule has 3 rings (SSSR count). The number of allylic oxidation sites excluding steroid dienone is 3. The van der Waals surface area contributed by atoms with Gasteiger partial charge in [0.25, 0.3) is 0 Å². The molecular formula is C20H23N. The summed E-state index contributed by atoms with van der Waals surface area (Å²) in [7, 11) is 0. The van der Waals surface area contributed by atoms with Crippen LogP contribution in [0.2, 0.25) is 0 Å². The van der Waals surface area contributed by atoms with Crippen LogP contribution >= 0.6 is 0 Å². The van der Waals surface area contributed by atoms with Gasteiger partial charge in [0.05, 0.1) is 0 Å². The van der Waals surface area contributed by atoms with E-state index in [9.17, 15) is 0 Å². The van der Waals surface area contributed by atoms with Crippen molar-refractivity contribution in [1.29, 1.82) is 0 Å². The Morgan fingerprint density at radius 2 is 1.24 bits per heavy atom. The molecular weight excluding hydrogens is 254 g/mol. The first kappa shape index (κ1) is 15.1. The van der Waals surface area contributed by atoms with E-state index in [2.05, 4.69) is 83.8 Å². The number of anilines is 2. The Kier molecular flexibility index (Phi) is 5.83. The second kappa shape index (κ2) is 8.11. The van der Waals surface area contributed by atoms with E-state index >= 15 is 0 Å². The average molecular weight is 277 g/mol. The first-order valence-corrected chi connectivity index (χ1v) is 7.72. The molecule has 0 unspecified atom stereocenters. The fraction of sp³-hybridized carbons (Fsp3) is 0.200. The minimum Gasteiger partial charge on any atom is -0.311 e. The van der Waals surface area contributed by atoms with E-state index in [1.165, 1.54) is 17.1 Å². The summed E-state index contributed by atoms with van der Waals surface area (Å²) in [5, 5.41) is 0. The van der Waals surface area contributed by atoms with E-state index in [4.69, 9.17) is 0 Å². The molecule has 0 bridgehead atoms. The molecule has 2 aromatic carbocycles. The van der Waals surface area contributed by atoms with Gasteiger partial charge in [-0.1, -0.05) is 62.4 Å². The molecule has 0 amide bonds. The first-order valence-electron chi connectivity index (χ1n) is 7.72.